The summed E-state index contributed by atoms with van der Waals surface area (Å²) in [6.45, 7) is 5.53. The zero-order valence-electron chi connectivity index (χ0n) is 11.3. The van der Waals surface area contributed by atoms with E-state index in [9.17, 15) is 13.2 Å². The molecule has 0 aliphatic carbocycles. The van der Waals surface area contributed by atoms with Crippen molar-refractivity contribution in [1.82, 2.24) is 4.90 Å². The average Bonchev–Trinajstić information content (AvgIpc) is 2.57. The second-order valence-corrected chi connectivity index (χ2v) is 7.47. The maximum Gasteiger partial charge on any atom is 0.410 e. The van der Waals surface area contributed by atoms with Crippen molar-refractivity contribution in [1.29, 1.82) is 5.26 Å². The normalized spacial score (nSPS) is 24.1. The molecule has 1 fully saturated rings. The average molecular weight is 289 g/mol. The molecule has 0 saturated carbocycles. The van der Waals surface area contributed by atoms with Gasteiger partial charge in [0.05, 0.1) is 17.2 Å². The van der Waals surface area contributed by atoms with Crippen LogP contribution >= 0.6 is 0 Å². The van der Waals surface area contributed by atoms with E-state index in [1.165, 1.54) is 4.90 Å². The zero-order valence-corrected chi connectivity index (χ0v) is 12.2. The molecule has 108 valence electrons. The Morgan fingerprint density at radius 1 is 1.53 bits per heavy atom. The molecule has 0 aromatic rings. The van der Waals surface area contributed by atoms with Gasteiger partial charge in [0.1, 0.15) is 5.60 Å². The van der Waals surface area contributed by atoms with Gasteiger partial charge in [0.15, 0.2) is 0 Å². The summed E-state index contributed by atoms with van der Waals surface area (Å²) in [5.41, 5.74) is -1.76. The summed E-state index contributed by atoms with van der Waals surface area (Å²) in [4.78, 5) is 13.2. The number of carbonyl (C=O) groups is 1. The molecule has 0 aromatic carbocycles. The van der Waals surface area contributed by atoms with Gasteiger partial charge in [-0.15, -0.1) is 0 Å². The topological polar surface area (TPSA) is 113 Å². The maximum absolute atomic E-state index is 11.8. The predicted octanol–water partition coefficient (Wildman–Crippen LogP) is 0.426. The van der Waals surface area contributed by atoms with Crippen LogP contribution in [0.5, 0.6) is 0 Å². The highest BCUT2D eigenvalue weighted by molar-refractivity contribution is 7.89. The Balaban J connectivity index is 2.76. The molecular weight excluding hydrogens is 270 g/mol. The fraction of sp³-hybridized carbons (Fsp3) is 0.818. The van der Waals surface area contributed by atoms with Crippen molar-refractivity contribution >= 4 is 16.1 Å². The van der Waals surface area contributed by atoms with Crippen LogP contribution in [-0.2, 0) is 14.8 Å². The first-order chi connectivity index (χ1) is 8.46. The fourth-order valence-electron chi connectivity index (χ4n) is 1.98. The van der Waals surface area contributed by atoms with Gasteiger partial charge >= 0.3 is 6.09 Å². The van der Waals surface area contributed by atoms with Gasteiger partial charge in [-0.2, -0.15) is 5.26 Å². The lowest BCUT2D eigenvalue weighted by Crippen LogP contribution is -2.39. The highest BCUT2D eigenvalue weighted by Gasteiger charge is 2.44. The molecule has 1 aliphatic rings. The maximum atomic E-state index is 11.8. The summed E-state index contributed by atoms with van der Waals surface area (Å²) in [6.07, 6.45) is -0.266. The van der Waals surface area contributed by atoms with Crippen LogP contribution < -0.4 is 5.14 Å². The highest BCUT2D eigenvalue weighted by Crippen LogP contribution is 2.31. The number of ether oxygens (including phenoxy) is 1. The van der Waals surface area contributed by atoms with Gasteiger partial charge in [-0.25, -0.2) is 18.4 Å². The minimum atomic E-state index is -3.76. The molecule has 1 heterocycles. The molecule has 0 aromatic heterocycles. The molecule has 2 N–H and O–H groups in total. The van der Waals surface area contributed by atoms with E-state index >= 15 is 0 Å². The monoisotopic (exact) mass is 289 g/mol. The van der Waals surface area contributed by atoms with Crippen molar-refractivity contribution in [3.8, 4) is 6.07 Å². The van der Waals surface area contributed by atoms with Gasteiger partial charge in [-0.1, -0.05) is 0 Å². The third-order valence-electron chi connectivity index (χ3n) is 2.72. The number of nitrogens with zero attached hydrogens (tertiary/aromatic N) is 2. The number of amides is 1. The Hall–Kier alpha value is -1.33. The first kappa shape index (κ1) is 15.7. The van der Waals surface area contributed by atoms with Crippen molar-refractivity contribution in [2.75, 3.05) is 18.8 Å². The van der Waals surface area contributed by atoms with E-state index in [0.29, 0.717) is 0 Å². The molecule has 1 amide bonds. The quantitative estimate of drug-likeness (QED) is 0.791. The van der Waals surface area contributed by atoms with Crippen LogP contribution in [0.1, 0.15) is 27.2 Å². The Labute approximate surface area is 113 Å². The van der Waals surface area contributed by atoms with E-state index in [2.05, 4.69) is 0 Å². The molecule has 0 radical (unpaired) electrons. The molecule has 1 aliphatic heterocycles. The molecule has 0 bridgehead atoms. The van der Waals surface area contributed by atoms with Crippen LogP contribution in [0.2, 0.25) is 0 Å². The molecule has 1 unspecified atom stereocenters. The van der Waals surface area contributed by atoms with Crippen LogP contribution in [0.25, 0.3) is 0 Å². The Morgan fingerprint density at radius 3 is 2.53 bits per heavy atom. The molecule has 8 heteroatoms. The SMILES string of the molecule is CC(C)(C)OC(=O)N1CCC(C#N)(CS(N)(=O)=O)C1. The first-order valence-corrected chi connectivity index (χ1v) is 7.58. The summed E-state index contributed by atoms with van der Waals surface area (Å²) in [7, 11) is -3.76. The van der Waals surface area contributed by atoms with Crippen LogP contribution in [-0.4, -0.2) is 43.9 Å². The van der Waals surface area contributed by atoms with Gasteiger partial charge in [-0.3, -0.25) is 0 Å². The van der Waals surface area contributed by atoms with Gasteiger partial charge in [0, 0.05) is 13.1 Å². The van der Waals surface area contributed by atoms with Crippen LogP contribution in [0.3, 0.4) is 0 Å². The summed E-state index contributed by atoms with van der Waals surface area (Å²) < 4.78 is 27.5. The molecule has 19 heavy (non-hydrogen) atoms. The second-order valence-electron chi connectivity index (χ2n) is 5.85. The molecular formula is C11H19N3O4S. The smallest absolute Gasteiger partial charge is 0.410 e. The highest BCUT2D eigenvalue weighted by atomic mass is 32.2. The van der Waals surface area contributed by atoms with Crippen LogP contribution in [0.15, 0.2) is 0 Å². The standard InChI is InChI=1S/C11H19N3O4S/c1-10(2,3)18-9(15)14-5-4-11(6-12,7-14)8-19(13,16)17/h4-5,7-8H2,1-3H3,(H2,13,16,17). The van der Waals surface area contributed by atoms with E-state index in [4.69, 9.17) is 15.1 Å². The van der Waals surface area contributed by atoms with Gasteiger partial charge < -0.3 is 9.64 Å². The number of hydrogen-bond donors (Lipinski definition) is 1. The second kappa shape index (κ2) is 4.98. The minimum Gasteiger partial charge on any atom is -0.444 e. The Morgan fingerprint density at radius 2 is 2.11 bits per heavy atom. The Kier molecular flexibility index (Phi) is 4.12. The van der Waals surface area contributed by atoms with Crippen molar-refractivity contribution in [3.63, 3.8) is 0 Å². The van der Waals surface area contributed by atoms with Gasteiger partial charge in [0.2, 0.25) is 10.0 Å². The minimum absolute atomic E-state index is 0.0227. The van der Waals surface area contributed by atoms with E-state index in [0.717, 1.165) is 0 Å². The lowest BCUT2D eigenvalue weighted by Gasteiger charge is -2.25. The number of primary sulfonamides is 1. The molecule has 1 rings (SSSR count). The predicted molar refractivity (Wildman–Crippen MR) is 68.4 cm³/mol. The number of nitriles is 1. The lowest BCUT2D eigenvalue weighted by atomic mass is 9.92. The molecule has 1 saturated heterocycles. The van der Waals surface area contributed by atoms with Crippen LogP contribution in [0, 0.1) is 16.7 Å². The largest absolute Gasteiger partial charge is 0.444 e. The fourth-order valence-corrected chi connectivity index (χ4v) is 3.05. The first-order valence-electron chi connectivity index (χ1n) is 5.86. The van der Waals surface area contributed by atoms with E-state index in [-0.39, 0.29) is 19.5 Å². The number of sulfonamides is 1. The Bertz CT molecular complexity index is 503. The number of nitrogens with two attached hydrogens (primary N) is 1. The summed E-state index contributed by atoms with van der Waals surface area (Å²) in [5, 5.41) is 14.1. The number of rotatable bonds is 2. The molecule has 1 atom stereocenters. The van der Waals surface area contributed by atoms with Crippen molar-refractivity contribution < 1.29 is 17.9 Å². The van der Waals surface area contributed by atoms with Crippen LogP contribution in [0.4, 0.5) is 4.79 Å². The summed E-state index contributed by atoms with van der Waals surface area (Å²) in [6, 6.07) is 1.97. The third-order valence-corrected chi connectivity index (χ3v) is 3.68. The van der Waals surface area contributed by atoms with Crippen molar-refractivity contribution in [2.24, 2.45) is 10.6 Å². The number of likely N-dealkylation sites (tertiary alicyclic amines) is 1. The van der Waals surface area contributed by atoms with E-state index in [1.807, 2.05) is 6.07 Å². The van der Waals surface area contributed by atoms with Gasteiger partial charge in [0.25, 0.3) is 0 Å². The van der Waals surface area contributed by atoms with Crippen molar-refractivity contribution in [3.05, 3.63) is 0 Å². The van der Waals surface area contributed by atoms with Crippen molar-refractivity contribution in [2.45, 2.75) is 32.8 Å². The number of hydrogen-bond acceptors (Lipinski definition) is 5. The molecule has 0 spiro atoms. The third kappa shape index (κ3) is 4.69. The van der Waals surface area contributed by atoms with Gasteiger partial charge in [-0.05, 0) is 27.2 Å². The summed E-state index contributed by atoms with van der Waals surface area (Å²) in [5.74, 6) is -0.449. The zero-order chi connectivity index (χ0) is 14.9. The van der Waals surface area contributed by atoms with E-state index < -0.39 is 32.9 Å². The number of carbonyl (C=O) groups excluding carboxylic acids is 1. The summed E-state index contributed by atoms with van der Waals surface area (Å²) >= 11 is 0. The molecule has 7 nitrogen and oxygen atoms in total. The van der Waals surface area contributed by atoms with E-state index in [1.54, 1.807) is 20.8 Å². The lowest BCUT2D eigenvalue weighted by molar-refractivity contribution is 0.0283.